The average molecular weight is 600 g/mol. The number of carbonyl (C=O) groups is 2. The molecule has 0 radical (unpaired) electrons. The van der Waals surface area contributed by atoms with Gasteiger partial charge in [-0.1, -0.05) is 61.3 Å². The first-order chi connectivity index (χ1) is 19.7. The first kappa shape index (κ1) is 30.2. The Kier molecular flexibility index (Phi) is 10.1. The Bertz CT molecular complexity index is 1470. The number of rotatable bonds is 12. The van der Waals surface area contributed by atoms with E-state index in [1.807, 2.05) is 6.92 Å². The van der Waals surface area contributed by atoms with Gasteiger partial charge in [0.25, 0.3) is 10.0 Å². The predicted molar refractivity (Wildman–Crippen MR) is 158 cm³/mol. The Morgan fingerprint density at radius 3 is 2.37 bits per heavy atom. The highest BCUT2D eigenvalue weighted by atomic mass is 35.5. The van der Waals surface area contributed by atoms with Gasteiger partial charge in [0, 0.05) is 24.2 Å². The predicted octanol–water partition coefficient (Wildman–Crippen LogP) is 4.64. The molecule has 0 bridgehead atoms. The summed E-state index contributed by atoms with van der Waals surface area (Å²) < 4.78 is 40.2. The molecule has 9 nitrogen and oxygen atoms in total. The van der Waals surface area contributed by atoms with Crippen LogP contribution in [0.3, 0.4) is 0 Å². The van der Waals surface area contributed by atoms with Gasteiger partial charge in [-0.3, -0.25) is 13.9 Å². The fourth-order valence-corrected chi connectivity index (χ4v) is 5.99. The molecule has 1 atom stereocenters. The van der Waals surface area contributed by atoms with Crippen molar-refractivity contribution in [1.29, 1.82) is 0 Å². The van der Waals surface area contributed by atoms with Gasteiger partial charge in [0.2, 0.25) is 11.8 Å². The lowest BCUT2D eigenvalue weighted by molar-refractivity contribution is -0.139. The van der Waals surface area contributed by atoms with Gasteiger partial charge in [-0.2, -0.15) is 0 Å². The minimum Gasteiger partial charge on any atom is -0.486 e. The number of amides is 2. The van der Waals surface area contributed by atoms with E-state index in [-0.39, 0.29) is 23.0 Å². The van der Waals surface area contributed by atoms with Crippen LogP contribution < -0.4 is 19.1 Å². The lowest BCUT2D eigenvalue weighted by Crippen LogP contribution is -2.51. The number of nitrogens with zero attached hydrogens (tertiary/aromatic N) is 2. The van der Waals surface area contributed by atoms with Crippen molar-refractivity contribution in [2.45, 2.75) is 44.2 Å². The molecule has 0 spiro atoms. The van der Waals surface area contributed by atoms with Crippen LogP contribution in [0.4, 0.5) is 5.69 Å². The van der Waals surface area contributed by atoms with E-state index in [0.717, 1.165) is 17.1 Å². The van der Waals surface area contributed by atoms with Crippen LogP contribution >= 0.6 is 11.6 Å². The van der Waals surface area contributed by atoms with Crippen LogP contribution in [0.5, 0.6) is 11.5 Å². The first-order valence-electron chi connectivity index (χ1n) is 13.5. The third-order valence-corrected chi connectivity index (χ3v) is 8.88. The summed E-state index contributed by atoms with van der Waals surface area (Å²) in [7, 11) is -4.19. The summed E-state index contributed by atoms with van der Waals surface area (Å²) in [6, 6.07) is 18.7. The van der Waals surface area contributed by atoms with Crippen molar-refractivity contribution >= 4 is 39.1 Å². The van der Waals surface area contributed by atoms with Crippen LogP contribution in [0.1, 0.15) is 32.3 Å². The fraction of sp³-hybridized carbons (Fsp3) is 0.333. The first-order valence-corrected chi connectivity index (χ1v) is 15.3. The normalized spacial score (nSPS) is 13.2. The highest BCUT2D eigenvalue weighted by Crippen LogP contribution is 2.36. The Balaban J connectivity index is 1.71. The molecule has 0 aromatic heterocycles. The van der Waals surface area contributed by atoms with Crippen molar-refractivity contribution in [2.75, 3.05) is 30.6 Å². The van der Waals surface area contributed by atoms with E-state index in [1.54, 1.807) is 67.6 Å². The zero-order chi connectivity index (χ0) is 29.4. The van der Waals surface area contributed by atoms with Crippen molar-refractivity contribution in [3.8, 4) is 11.5 Å². The molecular formula is C30H34ClN3O6S. The van der Waals surface area contributed by atoms with Crippen molar-refractivity contribution in [2.24, 2.45) is 0 Å². The van der Waals surface area contributed by atoms with E-state index in [9.17, 15) is 18.0 Å². The minimum atomic E-state index is -4.19. The Morgan fingerprint density at radius 1 is 0.976 bits per heavy atom. The number of hydrogen-bond donors (Lipinski definition) is 1. The summed E-state index contributed by atoms with van der Waals surface area (Å²) in [5.74, 6) is -0.0414. The SMILES string of the molecule is CCCCNC(=O)C(C)N(Cc1ccccc1Cl)C(=O)CN(c1ccc2c(c1)OCCO2)S(=O)(=O)c1ccccc1. The number of halogens is 1. The van der Waals surface area contributed by atoms with Crippen molar-refractivity contribution in [3.63, 3.8) is 0 Å². The minimum absolute atomic E-state index is 0.0151. The Hall–Kier alpha value is -3.76. The summed E-state index contributed by atoms with van der Waals surface area (Å²) in [5, 5.41) is 3.30. The van der Waals surface area contributed by atoms with E-state index >= 15 is 0 Å². The molecule has 1 N–H and O–H groups in total. The summed E-state index contributed by atoms with van der Waals surface area (Å²) in [5.41, 5.74) is 0.858. The molecule has 4 rings (SSSR count). The maximum atomic E-state index is 14.0. The summed E-state index contributed by atoms with van der Waals surface area (Å²) in [4.78, 5) is 28.5. The summed E-state index contributed by atoms with van der Waals surface area (Å²) in [6.07, 6.45) is 1.70. The van der Waals surface area contributed by atoms with Gasteiger partial charge >= 0.3 is 0 Å². The molecule has 1 aliphatic heterocycles. The number of ether oxygens (including phenoxy) is 2. The van der Waals surface area contributed by atoms with Gasteiger partial charge in [0.05, 0.1) is 10.6 Å². The van der Waals surface area contributed by atoms with E-state index in [1.165, 1.54) is 17.0 Å². The molecule has 0 saturated heterocycles. The second-order valence-electron chi connectivity index (χ2n) is 9.59. The second-order valence-corrected chi connectivity index (χ2v) is 11.9. The molecule has 1 aliphatic rings. The molecule has 3 aromatic carbocycles. The lowest BCUT2D eigenvalue weighted by atomic mass is 10.1. The number of hydrogen-bond acceptors (Lipinski definition) is 6. The van der Waals surface area contributed by atoms with Gasteiger partial charge in [0.15, 0.2) is 11.5 Å². The van der Waals surface area contributed by atoms with Gasteiger partial charge < -0.3 is 19.7 Å². The van der Waals surface area contributed by atoms with Gasteiger partial charge in [0.1, 0.15) is 25.8 Å². The Morgan fingerprint density at radius 2 is 1.66 bits per heavy atom. The average Bonchev–Trinajstić information content (AvgIpc) is 2.99. The quantitative estimate of drug-likeness (QED) is 0.304. The third-order valence-electron chi connectivity index (χ3n) is 6.72. The summed E-state index contributed by atoms with van der Waals surface area (Å²) in [6.45, 7) is 4.26. The van der Waals surface area contributed by atoms with Gasteiger partial charge in [-0.15, -0.1) is 0 Å². The molecule has 11 heteroatoms. The molecule has 0 fully saturated rings. The third kappa shape index (κ3) is 7.31. The Labute approximate surface area is 246 Å². The summed E-state index contributed by atoms with van der Waals surface area (Å²) >= 11 is 6.41. The highest BCUT2D eigenvalue weighted by molar-refractivity contribution is 7.92. The van der Waals surface area contributed by atoms with Crippen LogP contribution in [-0.2, 0) is 26.2 Å². The number of anilines is 1. The fourth-order valence-electron chi connectivity index (χ4n) is 4.36. The zero-order valence-electron chi connectivity index (χ0n) is 23.1. The second kappa shape index (κ2) is 13.7. The maximum absolute atomic E-state index is 14.0. The molecule has 218 valence electrons. The number of fused-ring (bicyclic) bond motifs is 1. The standard InChI is InChI=1S/C30H34ClN3O6S/c1-3-4-16-32-30(36)22(2)33(20-23-10-8-9-13-26(23)31)29(35)21-34(41(37,38)25-11-6-5-7-12-25)24-14-15-27-28(19-24)40-18-17-39-27/h5-15,19,22H,3-4,16-18,20-21H2,1-2H3,(H,32,36). The number of carbonyl (C=O) groups excluding carboxylic acids is 2. The number of unbranched alkanes of at least 4 members (excludes halogenated alkanes) is 1. The van der Waals surface area contributed by atoms with Gasteiger partial charge in [-0.25, -0.2) is 8.42 Å². The molecular weight excluding hydrogens is 566 g/mol. The van der Waals surface area contributed by atoms with Crippen LogP contribution in [-0.4, -0.2) is 57.5 Å². The smallest absolute Gasteiger partial charge is 0.264 e. The molecule has 0 aliphatic carbocycles. The highest BCUT2D eigenvalue weighted by Gasteiger charge is 2.33. The number of benzene rings is 3. The number of sulfonamides is 1. The molecule has 41 heavy (non-hydrogen) atoms. The van der Waals surface area contributed by atoms with Crippen LogP contribution in [0, 0.1) is 0 Å². The molecule has 1 unspecified atom stereocenters. The monoisotopic (exact) mass is 599 g/mol. The molecule has 3 aromatic rings. The van der Waals surface area contributed by atoms with Crippen molar-refractivity contribution in [1.82, 2.24) is 10.2 Å². The van der Waals surface area contributed by atoms with E-state index < -0.39 is 28.5 Å². The topological polar surface area (TPSA) is 105 Å². The van der Waals surface area contributed by atoms with Crippen LogP contribution in [0.15, 0.2) is 77.7 Å². The van der Waals surface area contributed by atoms with Crippen molar-refractivity contribution in [3.05, 3.63) is 83.4 Å². The van der Waals surface area contributed by atoms with E-state index in [0.29, 0.717) is 41.8 Å². The lowest BCUT2D eigenvalue weighted by Gasteiger charge is -2.32. The van der Waals surface area contributed by atoms with Crippen LogP contribution in [0.25, 0.3) is 0 Å². The molecule has 0 saturated carbocycles. The molecule has 1 heterocycles. The maximum Gasteiger partial charge on any atom is 0.264 e. The molecule has 2 amide bonds. The van der Waals surface area contributed by atoms with Gasteiger partial charge in [-0.05, 0) is 49.2 Å². The van der Waals surface area contributed by atoms with Crippen molar-refractivity contribution < 1.29 is 27.5 Å². The van der Waals surface area contributed by atoms with E-state index in [4.69, 9.17) is 21.1 Å². The number of nitrogens with one attached hydrogen (secondary N) is 1. The van der Waals surface area contributed by atoms with Crippen LogP contribution in [0.2, 0.25) is 5.02 Å². The van der Waals surface area contributed by atoms with E-state index in [2.05, 4.69) is 5.32 Å². The zero-order valence-corrected chi connectivity index (χ0v) is 24.7. The largest absolute Gasteiger partial charge is 0.486 e.